The second-order valence-electron chi connectivity index (χ2n) is 8.95. The van der Waals surface area contributed by atoms with Gasteiger partial charge in [-0.15, -0.1) is 0 Å². The molecule has 1 aliphatic carbocycles. The topological polar surface area (TPSA) is 42.3 Å². The van der Waals surface area contributed by atoms with E-state index < -0.39 is 0 Å². The van der Waals surface area contributed by atoms with E-state index in [1.165, 1.54) is 18.5 Å². The highest BCUT2D eigenvalue weighted by molar-refractivity contribution is 7.80. The molecule has 2 aliphatic rings. The SMILES string of the molecule is CC(C)n1cccc1C1C(c2ccccn2)NC(=S)N1c1ccc(OC2CCCC2)cc1. The molecule has 0 radical (unpaired) electrons. The average molecular weight is 447 g/mol. The third-order valence-electron chi connectivity index (χ3n) is 6.49. The molecule has 32 heavy (non-hydrogen) atoms. The summed E-state index contributed by atoms with van der Waals surface area (Å²) >= 11 is 5.85. The van der Waals surface area contributed by atoms with Gasteiger partial charge in [0.2, 0.25) is 0 Å². The summed E-state index contributed by atoms with van der Waals surface area (Å²) in [5.74, 6) is 0.933. The largest absolute Gasteiger partial charge is 0.490 e. The van der Waals surface area contributed by atoms with Crippen LogP contribution in [-0.4, -0.2) is 20.8 Å². The van der Waals surface area contributed by atoms with Crippen LogP contribution in [0.4, 0.5) is 5.69 Å². The second-order valence-corrected chi connectivity index (χ2v) is 9.34. The molecule has 1 saturated heterocycles. The second kappa shape index (κ2) is 8.94. The quantitative estimate of drug-likeness (QED) is 0.473. The fraction of sp³-hybridized carbons (Fsp3) is 0.385. The van der Waals surface area contributed by atoms with E-state index in [9.17, 15) is 0 Å². The Bertz CT molecular complexity index is 1060. The molecule has 6 heteroatoms. The summed E-state index contributed by atoms with van der Waals surface area (Å²) in [5.41, 5.74) is 3.26. The highest BCUT2D eigenvalue weighted by Crippen LogP contribution is 2.42. The lowest BCUT2D eigenvalue weighted by molar-refractivity contribution is 0.210. The third-order valence-corrected chi connectivity index (χ3v) is 6.80. The zero-order valence-electron chi connectivity index (χ0n) is 18.6. The van der Waals surface area contributed by atoms with Gasteiger partial charge < -0.3 is 19.5 Å². The number of thiocarbonyl (C=S) groups is 1. The van der Waals surface area contributed by atoms with Crippen molar-refractivity contribution in [3.8, 4) is 5.75 Å². The van der Waals surface area contributed by atoms with Gasteiger partial charge in [0.1, 0.15) is 11.8 Å². The summed E-state index contributed by atoms with van der Waals surface area (Å²) in [4.78, 5) is 6.88. The minimum atomic E-state index is -0.0366. The molecular formula is C26H30N4OS. The van der Waals surface area contributed by atoms with Gasteiger partial charge in [-0.3, -0.25) is 4.98 Å². The minimum absolute atomic E-state index is 0.00333. The van der Waals surface area contributed by atoms with Gasteiger partial charge in [0.05, 0.1) is 17.8 Å². The highest BCUT2D eigenvalue weighted by Gasteiger charge is 2.42. The van der Waals surface area contributed by atoms with Crippen molar-refractivity contribution >= 4 is 23.0 Å². The number of anilines is 1. The minimum Gasteiger partial charge on any atom is -0.490 e. The van der Waals surface area contributed by atoms with Crippen molar-refractivity contribution in [3.63, 3.8) is 0 Å². The Balaban J connectivity index is 1.50. The Labute approximate surface area is 195 Å². The van der Waals surface area contributed by atoms with Crippen molar-refractivity contribution in [1.29, 1.82) is 0 Å². The van der Waals surface area contributed by atoms with Crippen molar-refractivity contribution in [2.24, 2.45) is 0 Å². The maximum Gasteiger partial charge on any atom is 0.174 e. The van der Waals surface area contributed by atoms with Gasteiger partial charge in [0, 0.05) is 29.8 Å². The van der Waals surface area contributed by atoms with Gasteiger partial charge in [-0.1, -0.05) is 6.07 Å². The Morgan fingerprint density at radius 2 is 1.81 bits per heavy atom. The van der Waals surface area contributed by atoms with E-state index in [4.69, 9.17) is 17.0 Å². The van der Waals surface area contributed by atoms with Gasteiger partial charge in [-0.05, 0) is 100 Å². The van der Waals surface area contributed by atoms with E-state index in [-0.39, 0.29) is 12.1 Å². The lowest BCUT2D eigenvalue weighted by Crippen LogP contribution is -2.30. The van der Waals surface area contributed by atoms with E-state index in [0.29, 0.717) is 17.3 Å². The Hall–Kier alpha value is -2.86. The van der Waals surface area contributed by atoms with Crippen molar-refractivity contribution in [2.75, 3.05) is 4.90 Å². The number of ether oxygens (including phenoxy) is 1. The number of aromatic nitrogens is 2. The Morgan fingerprint density at radius 1 is 1.03 bits per heavy atom. The van der Waals surface area contributed by atoms with Gasteiger partial charge >= 0.3 is 0 Å². The monoisotopic (exact) mass is 446 g/mol. The number of benzene rings is 1. The third kappa shape index (κ3) is 3.99. The first-order valence-electron chi connectivity index (χ1n) is 11.6. The number of nitrogens with one attached hydrogen (secondary N) is 1. The summed E-state index contributed by atoms with van der Waals surface area (Å²) in [6.45, 7) is 4.42. The maximum atomic E-state index is 6.18. The number of rotatable bonds is 6. The average Bonchev–Trinajstić information content (AvgIpc) is 3.55. The van der Waals surface area contributed by atoms with Crippen LogP contribution in [0.5, 0.6) is 5.75 Å². The van der Waals surface area contributed by atoms with E-state index in [1.54, 1.807) is 0 Å². The van der Waals surface area contributed by atoms with Gasteiger partial charge in [0.25, 0.3) is 0 Å². The molecule has 1 aromatic carbocycles. The zero-order chi connectivity index (χ0) is 22.1. The predicted octanol–water partition coefficient (Wildman–Crippen LogP) is 5.96. The molecule has 0 bridgehead atoms. The smallest absolute Gasteiger partial charge is 0.174 e. The first-order chi connectivity index (χ1) is 15.6. The van der Waals surface area contributed by atoms with Crippen LogP contribution in [0.15, 0.2) is 67.0 Å². The summed E-state index contributed by atoms with van der Waals surface area (Å²) in [6, 6.07) is 19.0. The molecule has 166 valence electrons. The summed E-state index contributed by atoms with van der Waals surface area (Å²) in [6.07, 6.45) is 9.19. The number of pyridine rings is 1. The molecule has 0 amide bonds. The number of nitrogens with zero attached hydrogens (tertiary/aromatic N) is 3. The van der Waals surface area contributed by atoms with Crippen LogP contribution in [-0.2, 0) is 0 Å². The normalized spacial score (nSPS) is 21.3. The fourth-order valence-electron chi connectivity index (χ4n) is 4.95. The molecule has 5 nitrogen and oxygen atoms in total. The lowest BCUT2D eigenvalue weighted by Gasteiger charge is -2.30. The number of hydrogen-bond donors (Lipinski definition) is 1. The van der Waals surface area contributed by atoms with E-state index in [1.807, 2.05) is 18.3 Å². The highest BCUT2D eigenvalue weighted by atomic mass is 32.1. The molecular weight excluding hydrogens is 416 g/mol. The molecule has 3 aromatic rings. The van der Waals surface area contributed by atoms with Crippen LogP contribution in [0.2, 0.25) is 0 Å². The Morgan fingerprint density at radius 3 is 2.50 bits per heavy atom. The van der Waals surface area contributed by atoms with Crippen molar-refractivity contribution in [1.82, 2.24) is 14.9 Å². The molecule has 2 aromatic heterocycles. The Kier molecular flexibility index (Phi) is 5.87. The van der Waals surface area contributed by atoms with E-state index in [2.05, 4.69) is 82.3 Å². The van der Waals surface area contributed by atoms with Crippen LogP contribution < -0.4 is 15.0 Å². The first-order valence-corrected chi connectivity index (χ1v) is 12.0. The van der Waals surface area contributed by atoms with Crippen LogP contribution in [0.3, 0.4) is 0 Å². The summed E-state index contributed by atoms with van der Waals surface area (Å²) in [7, 11) is 0. The van der Waals surface area contributed by atoms with Crippen molar-refractivity contribution < 1.29 is 4.74 Å². The maximum absolute atomic E-state index is 6.18. The molecule has 1 N–H and O–H groups in total. The fourth-order valence-corrected chi connectivity index (χ4v) is 5.29. The van der Waals surface area contributed by atoms with Crippen LogP contribution in [0.1, 0.15) is 69.0 Å². The van der Waals surface area contributed by atoms with E-state index >= 15 is 0 Å². The lowest BCUT2D eigenvalue weighted by atomic mass is 10.0. The molecule has 1 aliphatic heterocycles. The van der Waals surface area contributed by atoms with E-state index in [0.717, 1.165) is 30.0 Å². The standard InChI is InChI=1S/C26H30N4OS/c1-18(2)29-17-7-11-23(29)25-24(22-10-5-6-16-27-22)28-26(32)30(25)19-12-14-21(15-13-19)31-20-8-3-4-9-20/h5-7,10-18,20,24-25H,3-4,8-9H2,1-2H3,(H,28,32). The molecule has 5 rings (SSSR count). The molecule has 2 atom stereocenters. The molecule has 0 spiro atoms. The predicted molar refractivity (Wildman–Crippen MR) is 132 cm³/mol. The molecule has 3 heterocycles. The van der Waals surface area contributed by atoms with Crippen LogP contribution in [0, 0.1) is 0 Å². The van der Waals surface area contributed by atoms with Crippen molar-refractivity contribution in [2.45, 2.75) is 63.8 Å². The first kappa shape index (κ1) is 21.0. The molecule has 1 saturated carbocycles. The zero-order valence-corrected chi connectivity index (χ0v) is 19.5. The number of hydrogen-bond acceptors (Lipinski definition) is 3. The molecule has 2 fully saturated rings. The molecule has 2 unspecified atom stereocenters. The summed E-state index contributed by atoms with van der Waals surface area (Å²) < 4.78 is 8.50. The van der Waals surface area contributed by atoms with Gasteiger partial charge in [-0.2, -0.15) is 0 Å². The van der Waals surface area contributed by atoms with Crippen LogP contribution >= 0.6 is 12.2 Å². The van der Waals surface area contributed by atoms with Crippen molar-refractivity contribution in [3.05, 3.63) is 78.4 Å². The van der Waals surface area contributed by atoms with Gasteiger partial charge in [0.15, 0.2) is 5.11 Å². The van der Waals surface area contributed by atoms with Crippen LogP contribution in [0.25, 0.3) is 0 Å². The summed E-state index contributed by atoms with van der Waals surface area (Å²) in [5, 5.41) is 4.26. The van der Waals surface area contributed by atoms with Gasteiger partial charge in [-0.25, -0.2) is 0 Å².